The van der Waals surface area contributed by atoms with Crippen molar-refractivity contribution in [3.63, 3.8) is 0 Å². The molecule has 1 atom stereocenters. The molecule has 1 radical (unpaired) electrons. The molecule has 1 N–H and O–H groups in total. The van der Waals surface area contributed by atoms with Crippen LogP contribution in [0, 0.1) is 6.07 Å². The van der Waals surface area contributed by atoms with Crippen LogP contribution in [0.1, 0.15) is 11.9 Å². The van der Waals surface area contributed by atoms with Gasteiger partial charge in [0, 0.05) is 18.5 Å². The van der Waals surface area contributed by atoms with E-state index in [9.17, 15) is 8.78 Å². The summed E-state index contributed by atoms with van der Waals surface area (Å²) >= 11 is 0. The van der Waals surface area contributed by atoms with Crippen LogP contribution in [0.3, 0.4) is 0 Å². The Morgan fingerprint density at radius 3 is 2.36 bits per heavy atom. The maximum atomic E-state index is 11.8. The van der Waals surface area contributed by atoms with Crippen LogP contribution >= 0.6 is 0 Å². The van der Waals surface area contributed by atoms with E-state index in [1.165, 1.54) is 12.4 Å². The van der Waals surface area contributed by atoms with Crippen molar-refractivity contribution in [1.29, 1.82) is 0 Å². The highest BCUT2D eigenvalue weighted by Crippen LogP contribution is 2.14. The maximum Gasteiger partial charge on any atom is 0.271 e. The lowest BCUT2D eigenvalue weighted by atomic mass is 10.3. The van der Waals surface area contributed by atoms with Gasteiger partial charge in [-0.25, -0.2) is 18.7 Å². The Kier molecular flexibility index (Phi) is 2.43. The number of nitrogens with zero attached hydrogens (tertiary/aromatic N) is 2. The molecule has 1 aromatic heterocycles. The van der Waals surface area contributed by atoms with Crippen molar-refractivity contribution in [2.24, 2.45) is 0 Å². The van der Waals surface area contributed by atoms with E-state index in [0.29, 0.717) is 0 Å². The van der Waals surface area contributed by atoms with Gasteiger partial charge >= 0.3 is 0 Å². The third-order valence-corrected chi connectivity index (χ3v) is 1.05. The molecule has 0 saturated heterocycles. The zero-order valence-electron chi connectivity index (χ0n) is 5.41. The summed E-state index contributed by atoms with van der Waals surface area (Å²) in [6.07, 6.45) is -2.40. The Morgan fingerprint density at radius 2 is 1.91 bits per heavy atom. The van der Waals surface area contributed by atoms with Gasteiger partial charge < -0.3 is 5.11 Å². The predicted octanol–water partition coefficient (Wildman–Crippen LogP) is 0.575. The smallest absolute Gasteiger partial charge is 0.271 e. The number of alkyl halides is 2. The molecule has 1 aromatic rings. The molecule has 59 valence electrons. The van der Waals surface area contributed by atoms with Crippen molar-refractivity contribution >= 4 is 0 Å². The van der Waals surface area contributed by atoms with Crippen LogP contribution in [0.15, 0.2) is 12.4 Å². The van der Waals surface area contributed by atoms with Crippen molar-refractivity contribution in [3.05, 3.63) is 24.3 Å². The molecule has 11 heavy (non-hydrogen) atoms. The van der Waals surface area contributed by atoms with E-state index in [1.54, 1.807) is 0 Å². The van der Waals surface area contributed by atoms with Crippen LogP contribution in [0.25, 0.3) is 0 Å². The largest absolute Gasteiger partial charge is 0.379 e. The first-order chi connectivity index (χ1) is 5.22. The van der Waals surface area contributed by atoms with Gasteiger partial charge in [0.25, 0.3) is 6.43 Å². The second kappa shape index (κ2) is 3.34. The molecule has 1 rings (SSSR count). The number of hydrogen-bond donors (Lipinski definition) is 1. The molecular weight excluding hydrogens is 154 g/mol. The van der Waals surface area contributed by atoms with E-state index >= 15 is 0 Å². The first kappa shape index (κ1) is 8.00. The molecule has 0 bridgehead atoms. The van der Waals surface area contributed by atoms with Gasteiger partial charge in [-0.2, -0.15) is 0 Å². The van der Waals surface area contributed by atoms with Crippen molar-refractivity contribution in [2.45, 2.75) is 12.5 Å². The third kappa shape index (κ3) is 1.91. The monoisotopic (exact) mass is 159 g/mol. The molecule has 0 aromatic carbocycles. The summed E-state index contributed by atoms with van der Waals surface area (Å²) in [5.41, 5.74) is 0. The number of halogens is 2. The molecule has 0 fully saturated rings. The standard InChI is InChI=1S/C6H5F2N2O/c7-5(8)4(11)6-9-2-1-3-10-6/h2-5,11H. The topological polar surface area (TPSA) is 46.0 Å². The Balaban J connectivity index is 2.77. The quantitative estimate of drug-likeness (QED) is 0.686. The van der Waals surface area contributed by atoms with Crippen molar-refractivity contribution in [3.8, 4) is 0 Å². The molecule has 0 aliphatic rings. The maximum absolute atomic E-state index is 11.8. The van der Waals surface area contributed by atoms with Gasteiger partial charge in [-0.1, -0.05) is 0 Å². The number of rotatable bonds is 2. The van der Waals surface area contributed by atoms with Crippen LogP contribution in [0.2, 0.25) is 0 Å². The van der Waals surface area contributed by atoms with Crippen molar-refractivity contribution in [1.82, 2.24) is 9.97 Å². The first-order valence-corrected chi connectivity index (χ1v) is 2.86. The van der Waals surface area contributed by atoms with Gasteiger partial charge in [-0.3, -0.25) is 0 Å². The van der Waals surface area contributed by atoms with E-state index in [2.05, 4.69) is 16.0 Å². The van der Waals surface area contributed by atoms with Crippen LogP contribution in [0.5, 0.6) is 0 Å². The number of aliphatic hydroxyl groups is 1. The molecule has 0 aliphatic heterocycles. The molecule has 5 heteroatoms. The number of aromatic nitrogens is 2. The fraction of sp³-hybridized carbons (Fsp3) is 0.333. The lowest BCUT2D eigenvalue weighted by molar-refractivity contribution is -0.0109. The normalized spacial score (nSPS) is 13.5. The fourth-order valence-corrected chi connectivity index (χ4v) is 0.539. The van der Waals surface area contributed by atoms with Gasteiger partial charge in [0.05, 0.1) is 0 Å². The second-order valence-electron chi connectivity index (χ2n) is 1.82. The van der Waals surface area contributed by atoms with Gasteiger partial charge in [0.2, 0.25) is 0 Å². The second-order valence-corrected chi connectivity index (χ2v) is 1.82. The predicted molar refractivity (Wildman–Crippen MR) is 31.8 cm³/mol. The number of hydrogen-bond acceptors (Lipinski definition) is 3. The minimum Gasteiger partial charge on any atom is -0.379 e. The average molecular weight is 159 g/mol. The summed E-state index contributed by atoms with van der Waals surface area (Å²) in [5.74, 6) is -0.279. The van der Waals surface area contributed by atoms with Gasteiger partial charge in [0.15, 0.2) is 11.9 Å². The summed E-state index contributed by atoms with van der Waals surface area (Å²) in [7, 11) is 0. The molecule has 0 saturated carbocycles. The van der Waals surface area contributed by atoms with Crippen LogP contribution in [0.4, 0.5) is 8.78 Å². The Labute approximate surface area is 61.7 Å². The van der Waals surface area contributed by atoms with E-state index in [0.717, 1.165) is 0 Å². The Bertz CT molecular complexity index is 217. The Hall–Kier alpha value is -1.10. The van der Waals surface area contributed by atoms with E-state index in [1.807, 2.05) is 0 Å². The zero-order chi connectivity index (χ0) is 8.27. The molecule has 1 unspecified atom stereocenters. The lowest BCUT2D eigenvalue weighted by Gasteiger charge is -2.05. The molecule has 1 heterocycles. The fourth-order valence-electron chi connectivity index (χ4n) is 0.539. The minimum atomic E-state index is -2.85. The highest BCUT2D eigenvalue weighted by Gasteiger charge is 2.20. The lowest BCUT2D eigenvalue weighted by Crippen LogP contribution is -2.11. The van der Waals surface area contributed by atoms with Gasteiger partial charge in [-0.05, 0) is 0 Å². The summed E-state index contributed by atoms with van der Waals surface area (Å²) in [6.45, 7) is 0. The van der Waals surface area contributed by atoms with Gasteiger partial charge in [0.1, 0.15) is 0 Å². The van der Waals surface area contributed by atoms with E-state index < -0.39 is 12.5 Å². The first-order valence-electron chi connectivity index (χ1n) is 2.86. The van der Waals surface area contributed by atoms with Crippen molar-refractivity contribution < 1.29 is 13.9 Å². The highest BCUT2D eigenvalue weighted by atomic mass is 19.3. The van der Waals surface area contributed by atoms with Crippen LogP contribution in [-0.4, -0.2) is 21.5 Å². The SMILES string of the molecule is OC(c1nc[c]cn1)C(F)F. The van der Waals surface area contributed by atoms with Crippen LogP contribution in [-0.2, 0) is 0 Å². The molecule has 0 aliphatic carbocycles. The minimum absolute atomic E-state index is 0.279. The van der Waals surface area contributed by atoms with E-state index in [-0.39, 0.29) is 5.82 Å². The number of aliphatic hydroxyl groups excluding tert-OH is 1. The highest BCUT2D eigenvalue weighted by molar-refractivity contribution is 4.92. The summed E-state index contributed by atoms with van der Waals surface area (Å²) in [6, 6.07) is 2.45. The molecule has 0 spiro atoms. The van der Waals surface area contributed by atoms with Crippen LogP contribution < -0.4 is 0 Å². The van der Waals surface area contributed by atoms with Gasteiger partial charge in [-0.15, -0.1) is 0 Å². The molecule has 3 nitrogen and oxygen atoms in total. The zero-order valence-corrected chi connectivity index (χ0v) is 5.41. The van der Waals surface area contributed by atoms with Crippen molar-refractivity contribution in [2.75, 3.05) is 0 Å². The molecular formula is C6H5F2N2O. The summed E-state index contributed by atoms with van der Waals surface area (Å²) in [5, 5.41) is 8.71. The summed E-state index contributed by atoms with van der Waals surface area (Å²) < 4.78 is 23.5. The third-order valence-electron chi connectivity index (χ3n) is 1.05. The molecule has 0 amide bonds. The van der Waals surface area contributed by atoms with E-state index in [4.69, 9.17) is 5.11 Å². The Morgan fingerprint density at radius 1 is 1.36 bits per heavy atom. The average Bonchev–Trinajstić information content (AvgIpc) is 2.05. The summed E-state index contributed by atoms with van der Waals surface area (Å²) in [4.78, 5) is 6.81.